The predicted molar refractivity (Wildman–Crippen MR) is 202 cm³/mol. The van der Waals surface area contributed by atoms with Gasteiger partial charge in [-0.25, -0.2) is 14.4 Å². The Balaban J connectivity index is 1.63. The third kappa shape index (κ3) is 12.5. The number of rotatable bonds is 9. The van der Waals surface area contributed by atoms with E-state index >= 15 is 0 Å². The second kappa shape index (κ2) is 17.9. The zero-order valence-electron chi connectivity index (χ0n) is 33.8. The van der Waals surface area contributed by atoms with Crippen molar-refractivity contribution in [2.24, 2.45) is 5.92 Å². The maximum absolute atomic E-state index is 13.8. The van der Waals surface area contributed by atoms with Gasteiger partial charge in [0.2, 0.25) is 0 Å². The average molecular weight is 772 g/mol. The van der Waals surface area contributed by atoms with E-state index in [-0.39, 0.29) is 49.5 Å². The van der Waals surface area contributed by atoms with Crippen LogP contribution in [0.3, 0.4) is 0 Å². The number of nitrogens with one attached hydrogen (secondary N) is 1. The van der Waals surface area contributed by atoms with Gasteiger partial charge >= 0.3 is 18.2 Å². The van der Waals surface area contributed by atoms with Gasteiger partial charge in [-0.05, 0) is 86.4 Å². The van der Waals surface area contributed by atoms with Crippen LogP contribution in [0.2, 0.25) is 0 Å². The number of methoxy groups -OCH3 is 1. The number of cyclic esters (lactones) is 1. The van der Waals surface area contributed by atoms with E-state index in [1.165, 1.54) is 23.0 Å². The van der Waals surface area contributed by atoms with Gasteiger partial charge in [0.15, 0.2) is 18.4 Å². The molecule has 0 radical (unpaired) electrons. The van der Waals surface area contributed by atoms with E-state index in [4.69, 9.17) is 37.9 Å². The van der Waals surface area contributed by atoms with Gasteiger partial charge in [0, 0.05) is 31.5 Å². The lowest BCUT2D eigenvalue weighted by Crippen LogP contribution is -2.51. The van der Waals surface area contributed by atoms with Crippen molar-refractivity contribution in [2.75, 3.05) is 33.6 Å². The first-order valence-corrected chi connectivity index (χ1v) is 18.5. The van der Waals surface area contributed by atoms with Crippen molar-refractivity contribution in [2.45, 2.75) is 117 Å². The number of carbonyl (C=O) groups excluding carboxylic acids is 4. The van der Waals surface area contributed by atoms with E-state index in [1.54, 1.807) is 105 Å². The number of fused-ring (bicyclic) bond motifs is 2. The summed E-state index contributed by atoms with van der Waals surface area (Å²) < 4.78 is 46.5. The van der Waals surface area contributed by atoms with Crippen LogP contribution in [0.4, 0.5) is 9.59 Å². The summed E-state index contributed by atoms with van der Waals surface area (Å²) in [4.78, 5) is 56.2. The van der Waals surface area contributed by atoms with Crippen molar-refractivity contribution in [1.29, 1.82) is 0 Å². The first-order valence-electron chi connectivity index (χ1n) is 18.5. The lowest BCUT2D eigenvalue weighted by atomic mass is 9.99. The number of nitrogens with zero attached hydrogens (tertiary/aromatic N) is 2. The van der Waals surface area contributed by atoms with E-state index < -0.39 is 59.6 Å². The van der Waals surface area contributed by atoms with Crippen LogP contribution < -0.4 is 14.8 Å². The highest BCUT2D eigenvalue weighted by Gasteiger charge is 2.44. The van der Waals surface area contributed by atoms with Crippen LogP contribution in [-0.4, -0.2) is 109 Å². The molecule has 0 bridgehead atoms. The number of carbonyl (C=O) groups is 4. The standard InChI is InChI=1S/C40H57N3O12/c1-25-15-16-29(44)34-30(52-40(9,10)53-34)14-12-13-27-21-28(22-31(50-24-48-11)33(27)35(45)51-26(25)2)49-20-19-42(36(46)54-38(3,4)5)23-32-41-17-18-43(32)37(47)55-39(6,7)8/h12-13,15-18,21-22,25-26,30,32,34,41H,14,19-20,23-24H2,1-11H3/b13-12?,16-15-/t25-,26?,30?,32?,34?/m1/s1. The molecule has 1 aromatic rings. The Bertz CT molecular complexity index is 1640. The topological polar surface area (TPSA) is 161 Å². The largest absolute Gasteiger partial charge is 0.492 e. The van der Waals surface area contributed by atoms with E-state index in [0.29, 0.717) is 17.7 Å². The molecule has 15 nitrogen and oxygen atoms in total. The maximum Gasteiger partial charge on any atom is 0.416 e. The van der Waals surface area contributed by atoms with Crippen LogP contribution in [0.15, 0.2) is 42.8 Å². The smallest absolute Gasteiger partial charge is 0.416 e. The fraction of sp³-hybridized carbons (Fsp3) is 0.600. The number of esters is 1. The molecule has 3 aliphatic heterocycles. The number of ketones is 1. The Morgan fingerprint density at radius 2 is 1.71 bits per heavy atom. The Morgan fingerprint density at radius 3 is 2.38 bits per heavy atom. The summed E-state index contributed by atoms with van der Waals surface area (Å²) in [6, 6.07) is 3.22. The molecule has 1 fully saturated rings. The van der Waals surface area contributed by atoms with Gasteiger partial charge in [-0.15, -0.1) is 0 Å². The highest BCUT2D eigenvalue weighted by molar-refractivity contribution is 5.97. The van der Waals surface area contributed by atoms with Crippen LogP contribution in [0.25, 0.3) is 6.08 Å². The van der Waals surface area contributed by atoms with Crippen molar-refractivity contribution in [3.05, 3.63) is 53.9 Å². The van der Waals surface area contributed by atoms with Gasteiger partial charge in [-0.2, -0.15) is 0 Å². The van der Waals surface area contributed by atoms with E-state index in [9.17, 15) is 19.2 Å². The monoisotopic (exact) mass is 771 g/mol. The second-order valence-electron chi connectivity index (χ2n) is 16.1. The van der Waals surface area contributed by atoms with Crippen LogP contribution >= 0.6 is 0 Å². The van der Waals surface area contributed by atoms with Gasteiger partial charge in [0.05, 0.1) is 19.2 Å². The second-order valence-corrected chi connectivity index (χ2v) is 16.1. The molecular formula is C40H57N3O12. The summed E-state index contributed by atoms with van der Waals surface area (Å²) in [5.74, 6) is -1.69. The number of ether oxygens (including phenoxy) is 8. The van der Waals surface area contributed by atoms with Gasteiger partial charge in [-0.1, -0.05) is 25.2 Å². The summed E-state index contributed by atoms with van der Waals surface area (Å²) in [6.45, 7) is 17.6. The van der Waals surface area contributed by atoms with Crippen molar-refractivity contribution >= 4 is 30.0 Å². The molecule has 0 spiro atoms. The molecule has 3 heterocycles. The molecule has 0 aromatic heterocycles. The highest BCUT2D eigenvalue weighted by atomic mass is 16.8. The Labute approximate surface area is 323 Å². The summed E-state index contributed by atoms with van der Waals surface area (Å²) in [7, 11) is 1.46. The molecular weight excluding hydrogens is 714 g/mol. The number of hydrogen-bond donors (Lipinski definition) is 1. The van der Waals surface area contributed by atoms with Gasteiger partial charge < -0.3 is 48.1 Å². The minimum absolute atomic E-state index is 0.00446. The van der Waals surface area contributed by atoms with Crippen LogP contribution in [0, 0.1) is 5.92 Å². The quantitative estimate of drug-likeness (QED) is 0.173. The fourth-order valence-corrected chi connectivity index (χ4v) is 5.82. The maximum atomic E-state index is 13.8. The van der Waals surface area contributed by atoms with E-state index in [2.05, 4.69) is 5.32 Å². The van der Waals surface area contributed by atoms with Crippen LogP contribution in [0.1, 0.15) is 91.6 Å². The molecule has 2 amide bonds. The normalized spacial score (nSPS) is 24.5. The first-order chi connectivity index (χ1) is 25.7. The average Bonchev–Trinajstić information content (AvgIpc) is 3.66. The van der Waals surface area contributed by atoms with Crippen molar-refractivity contribution in [3.63, 3.8) is 0 Å². The first kappa shape index (κ1) is 43.1. The minimum atomic E-state index is -0.968. The third-order valence-electron chi connectivity index (χ3n) is 8.51. The summed E-state index contributed by atoms with van der Waals surface area (Å²) >= 11 is 0. The molecule has 1 aromatic carbocycles. The molecule has 15 heteroatoms. The summed E-state index contributed by atoms with van der Waals surface area (Å²) in [5, 5.41) is 3.09. The van der Waals surface area contributed by atoms with E-state index in [1.807, 2.05) is 6.92 Å². The number of benzene rings is 1. The van der Waals surface area contributed by atoms with Crippen LogP contribution in [0.5, 0.6) is 11.5 Å². The molecule has 5 atom stereocenters. The minimum Gasteiger partial charge on any atom is -0.492 e. The molecule has 0 saturated carbocycles. The summed E-state index contributed by atoms with van der Waals surface area (Å²) in [5.41, 5.74) is -0.942. The van der Waals surface area contributed by atoms with Crippen LogP contribution in [-0.2, 0) is 33.2 Å². The number of hydrogen-bond acceptors (Lipinski definition) is 13. The molecule has 55 heavy (non-hydrogen) atoms. The third-order valence-corrected chi connectivity index (χ3v) is 8.51. The molecule has 304 valence electrons. The molecule has 1 saturated heterocycles. The number of amides is 2. The van der Waals surface area contributed by atoms with E-state index in [0.717, 1.165) is 0 Å². The Hall–Kier alpha value is -4.60. The highest BCUT2D eigenvalue weighted by Crippen LogP contribution is 2.34. The lowest BCUT2D eigenvalue weighted by molar-refractivity contribution is -0.152. The van der Waals surface area contributed by atoms with Crippen molar-refractivity contribution in [3.8, 4) is 11.5 Å². The molecule has 3 aliphatic rings. The lowest BCUT2D eigenvalue weighted by Gasteiger charge is -2.32. The van der Waals surface area contributed by atoms with Gasteiger partial charge in [0.25, 0.3) is 0 Å². The molecule has 1 N–H and O–H groups in total. The fourth-order valence-electron chi connectivity index (χ4n) is 5.82. The zero-order chi connectivity index (χ0) is 40.7. The van der Waals surface area contributed by atoms with Crippen molar-refractivity contribution < 1.29 is 57.1 Å². The Morgan fingerprint density at radius 1 is 1.00 bits per heavy atom. The molecule has 0 aliphatic carbocycles. The SMILES string of the molecule is COCOc1cc(OCCN(CC2NC=CN2C(=O)OC(C)(C)C)C(=O)OC(C)(C)C)cc2c1C(=O)OC(C)[C@H](C)/C=C\C(=O)C1OC(C)(C)OC1CC=C2. The zero-order valence-corrected chi connectivity index (χ0v) is 33.8. The molecule has 4 rings (SSSR count). The van der Waals surface area contributed by atoms with Gasteiger partial charge in [0.1, 0.15) is 53.2 Å². The summed E-state index contributed by atoms with van der Waals surface area (Å²) in [6.07, 6.45) is 6.30. The van der Waals surface area contributed by atoms with Crippen molar-refractivity contribution in [1.82, 2.24) is 15.1 Å². The Kier molecular flexibility index (Phi) is 14.0. The molecule has 4 unspecified atom stereocenters. The predicted octanol–water partition coefficient (Wildman–Crippen LogP) is 6.17. The van der Waals surface area contributed by atoms with Gasteiger partial charge in [-0.3, -0.25) is 9.69 Å².